The fourth-order valence-corrected chi connectivity index (χ4v) is 1.80. The lowest BCUT2D eigenvalue weighted by Crippen LogP contribution is -2.04. The Labute approximate surface area is 81.2 Å². The fourth-order valence-electron chi connectivity index (χ4n) is 1.21. The SMILES string of the molecule is CC(Nc1ccsc1)c1ccco1. The van der Waals surface area contributed by atoms with Crippen molar-refractivity contribution in [2.75, 3.05) is 5.32 Å². The van der Waals surface area contributed by atoms with E-state index in [2.05, 4.69) is 29.1 Å². The van der Waals surface area contributed by atoms with Crippen LogP contribution in [0.4, 0.5) is 5.69 Å². The molecule has 0 radical (unpaired) electrons. The molecule has 0 aromatic carbocycles. The van der Waals surface area contributed by atoms with Gasteiger partial charge < -0.3 is 9.73 Å². The maximum Gasteiger partial charge on any atom is 0.125 e. The molecule has 2 heterocycles. The summed E-state index contributed by atoms with van der Waals surface area (Å²) in [5.74, 6) is 0.964. The molecule has 1 atom stereocenters. The van der Waals surface area contributed by atoms with Gasteiger partial charge in [0.05, 0.1) is 12.3 Å². The van der Waals surface area contributed by atoms with Crippen molar-refractivity contribution >= 4 is 17.0 Å². The van der Waals surface area contributed by atoms with Crippen molar-refractivity contribution in [3.8, 4) is 0 Å². The molecular weight excluding hydrogens is 182 g/mol. The van der Waals surface area contributed by atoms with Gasteiger partial charge >= 0.3 is 0 Å². The average molecular weight is 193 g/mol. The van der Waals surface area contributed by atoms with Crippen LogP contribution in [0.5, 0.6) is 0 Å². The van der Waals surface area contributed by atoms with Gasteiger partial charge in [0, 0.05) is 11.1 Å². The first-order valence-corrected chi connectivity index (χ1v) is 5.12. The van der Waals surface area contributed by atoms with Crippen molar-refractivity contribution in [1.82, 2.24) is 0 Å². The summed E-state index contributed by atoms with van der Waals surface area (Å²) in [6.07, 6.45) is 1.70. The second-order valence-corrected chi connectivity index (χ2v) is 3.67. The minimum atomic E-state index is 0.226. The quantitative estimate of drug-likeness (QED) is 0.806. The lowest BCUT2D eigenvalue weighted by atomic mass is 10.2. The number of thiophene rings is 1. The van der Waals surface area contributed by atoms with Crippen LogP contribution in [0.25, 0.3) is 0 Å². The van der Waals surface area contributed by atoms with Crippen LogP contribution in [0.3, 0.4) is 0 Å². The molecule has 1 unspecified atom stereocenters. The highest BCUT2D eigenvalue weighted by Gasteiger charge is 2.06. The second-order valence-electron chi connectivity index (χ2n) is 2.89. The molecule has 0 amide bonds. The Morgan fingerprint density at radius 1 is 1.46 bits per heavy atom. The highest BCUT2D eigenvalue weighted by atomic mass is 32.1. The Morgan fingerprint density at radius 3 is 3.00 bits per heavy atom. The van der Waals surface area contributed by atoms with Gasteiger partial charge in [0.2, 0.25) is 0 Å². The monoisotopic (exact) mass is 193 g/mol. The molecule has 2 aromatic heterocycles. The summed E-state index contributed by atoms with van der Waals surface area (Å²) >= 11 is 1.69. The van der Waals surface area contributed by atoms with Crippen molar-refractivity contribution in [2.45, 2.75) is 13.0 Å². The van der Waals surface area contributed by atoms with E-state index in [9.17, 15) is 0 Å². The smallest absolute Gasteiger partial charge is 0.125 e. The van der Waals surface area contributed by atoms with Gasteiger partial charge in [0.25, 0.3) is 0 Å². The highest BCUT2D eigenvalue weighted by molar-refractivity contribution is 7.08. The number of nitrogens with one attached hydrogen (secondary N) is 1. The van der Waals surface area contributed by atoms with Gasteiger partial charge in [-0.3, -0.25) is 0 Å². The standard InChI is InChI=1S/C10H11NOS/c1-8(10-3-2-5-12-10)11-9-4-6-13-7-9/h2-8,11H,1H3. The van der Waals surface area contributed by atoms with E-state index in [0.29, 0.717) is 0 Å². The predicted molar refractivity (Wildman–Crippen MR) is 55.1 cm³/mol. The third-order valence-electron chi connectivity index (χ3n) is 1.87. The van der Waals surface area contributed by atoms with E-state index in [0.717, 1.165) is 11.4 Å². The van der Waals surface area contributed by atoms with E-state index in [4.69, 9.17) is 4.42 Å². The Bertz CT molecular complexity index is 339. The molecule has 0 aliphatic carbocycles. The molecule has 0 aliphatic rings. The Kier molecular flexibility index (Phi) is 2.36. The number of rotatable bonds is 3. The van der Waals surface area contributed by atoms with Crippen LogP contribution in [-0.4, -0.2) is 0 Å². The van der Waals surface area contributed by atoms with Crippen LogP contribution in [0.1, 0.15) is 18.7 Å². The molecule has 0 aliphatic heterocycles. The first-order chi connectivity index (χ1) is 6.36. The van der Waals surface area contributed by atoms with E-state index >= 15 is 0 Å². The summed E-state index contributed by atoms with van der Waals surface area (Å²) in [6, 6.07) is 6.17. The maximum absolute atomic E-state index is 5.28. The zero-order chi connectivity index (χ0) is 9.10. The lowest BCUT2D eigenvalue weighted by Gasteiger charge is -2.10. The molecular formula is C10H11NOS. The van der Waals surface area contributed by atoms with Crippen molar-refractivity contribution in [1.29, 1.82) is 0 Å². The first kappa shape index (κ1) is 8.38. The molecule has 1 N–H and O–H groups in total. The highest BCUT2D eigenvalue weighted by Crippen LogP contribution is 2.20. The van der Waals surface area contributed by atoms with Crippen molar-refractivity contribution in [2.24, 2.45) is 0 Å². The van der Waals surface area contributed by atoms with E-state index in [1.165, 1.54) is 0 Å². The van der Waals surface area contributed by atoms with Gasteiger partial charge in [-0.15, -0.1) is 0 Å². The molecule has 2 rings (SSSR count). The molecule has 2 aromatic rings. The van der Waals surface area contributed by atoms with Crippen LogP contribution < -0.4 is 5.32 Å². The normalized spacial score (nSPS) is 12.7. The average Bonchev–Trinajstić information content (AvgIpc) is 2.74. The molecule has 13 heavy (non-hydrogen) atoms. The fraction of sp³-hybridized carbons (Fsp3) is 0.200. The van der Waals surface area contributed by atoms with Crippen LogP contribution in [0.2, 0.25) is 0 Å². The number of hydrogen-bond donors (Lipinski definition) is 1. The van der Waals surface area contributed by atoms with Crippen molar-refractivity contribution in [3.63, 3.8) is 0 Å². The topological polar surface area (TPSA) is 25.2 Å². The van der Waals surface area contributed by atoms with Crippen molar-refractivity contribution in [3.05, 3.63) is 41.0 Å². The van der Waals surface area contributed by atoms with Crippen LogP contribution >= 0.6 is 11.3 Å². The van der Waals surface area contributed by atoms with Gasteiger partial charge in [-0.05, 0) is 30.5 Å². The Hall–Kier alpha value is -1.22. The molecule has 2 nitrogen and oxygen atoms in total. The van der Waals surface area contributed by atoms with Crippen LogP contribution in [0, 0.1) is 0 Å². The first-order valence-electron chi connectivity index (χ1n) is 4.18. The van der Waals surface area contributed by atoms with Gasteiger partial charge in [-0.25, -0.2) is 0 Å². The minimum Gasteiger partial charge on any atom is -0.467 e. The third kappa shape index (κ3) is 1.92. The predicted octanol–water partition coefficient (Wildman–Crippen LogP) is 3.51. The van der Waals surface area contributed by atoms with Crippen LogP contribution in [0.15, 0.2) is 39.6 Å². The van der Waals surface area contributed by atoms with E-state index < -0.39 is 0 Å². The number of hydrogen-bond acceptors (Lipinski definition) is 3. The van der Waals surface area contributed by atoms with E-state index in [1.54, 1.807) is 17.6 Å². The molecule has 3 heteroatoms. The molecule has 0 saturated heterocycles. The summed E-state index contributed by atoms with van der Waals surface area (Å²) in [4.78, 5) is 0. The molecule has 0 spiro atoms. The van der Waals surface area contributed by atoms with Gasteiger partial charge in [-0.1, -0.05) is 0 Å². The maximum atomic E-state index is 5.28. The number of furan rings is 1. The Morgan fingerprint density at radius 2 is 2.38 bits per heavy atom. The lowest BCUT2D eigenvalue weighted by molar-refractivity contribution is 0.490. The summed E-state index contributed by atoms with van der Waals surface area (Å²) in [7, 11) is 0. The van der Waals surface area contributed by atoms with E-state index in [-0.39, 0.29) is 6.04 Å². The summed E-state index contributed by atoms with van der Waals surface area (Å²) < 4.78 is 5.28. The van der Waals surface area contributed by atoms with Crippen LogP contribution in [-0.2, 0) is 0 Å². The van der Waals surface area contributed by atoms with Gasteiger partial charge in [-0.2, -0.15) is 11.3 Å². The second kappa shape index (κ2) is 3.66. The summed E-state index contributed by atoms with van der Waals surface area (Å²) in [6.45, 7) is 2.08. The largest absolute Gasteiger partial charge is 0.467 e. The van der Waals surface area contributed by atoms with Gasteiger partial charge in [0.15, 0.2) is 0 Å². The third-order valence-corrected chi connectivity index (χ3v) is 2.56. The minimum absolute atomic E-state index is 0.226. The summed E-state index contributed by atoms with van der Waals surface area (Å²) in [5.41, 5.74) is 1.15. The van der Waals surface area contributed by atoms with Crippen molar-refractivity contribution < 1.29 is 4.42 Å². The molecule has 0 fully saturated rings. The zero-order valence-corrected chi connectivity index (χ0v) is 8.17. The zero-order valence-electron chi connectivity index (χ0n) is 7.36. The summed E-state index contributed by atoms with van der Waals surface area (Å²) in [5, 5.41) is 7.48. The Balaban J connectivity index is 2.04. The molecule has 68 valence electrons. The van der Waals surface area contributed by atoms with E-state index in [1.807, 2.05) is 12.1 Å². The van der Waals surface area contributed by atoms with Gasteiger partial charge in [0.1, 0.15) is 5.76 Å². The molecule has 0 saturated carbocycles. The number of anilines is 1. The molecule has 0 bridgehead atoms.